The number of amides is 1. The van der Waals surface area contributed by atoms with Crippen molar-refractivity contribution < 1.29 is 4.79 Å². The van der Waals surface area contributed by atoms with Gasteiger partial charge in [0.1, 0.15) is 0 Å². The summed E-state index contributed by atoms with van der Waals surface area (Å²) in [5, 5.41) is 8.40. The summed E-state index contributed by atoms with van der Waals surface area (Å²) in [6, 6.07) is 10.2. The Bertz CT molecular complexity index is 690. The first-order chi connectivity index (χ1) is 10.7. The van der Waals surface area contributed by atoms with Crippen molar-refractivity contribution in [1.82, 2.24) is 15.2 Å². The number of nitrogens with one attached hydrogen (secondary N) is 1. The van der Waals surface area contributed by atoms with E-state index in [2.05, 4.69) is 27.8 Å². The fourth-order valence-corrected chi connectivity index (χ4v) is 2.62. The highest BCUT2D eigenvalue weighted by atomic mass is 16.2. The molecule has 1 aromatic carbocycles. The zero-order valence-corrected chi connectivity index (χ0v) is 12.9. The molecule has 5 heteroatoms. The second-order valence-corrected chi connectivity index (χ2v) is 5.62. The second-order valence-electron chi connectivity index (χ2n) is 5.62. The van der Waals surface area contributed by atoms with Crippen molar-refractivity contribution in [1.29, 1.82) is 0 Å². The molecule has 0 saturated heterocycles. The van der Waals surface area contributed by atoms with Gasteiger partial charge in [-0.1, -0.05) is 30.3 Å². The smallest absolute Gasteiger partial charge is 0.243 e. The maximum atomic E-state index is 12.1. The average molecular weight is 296 g/mol. The van der Waals surface area contributed by atoms with Crippen LogP contribution < -0.4 is 5.43 Å². The summed E-state index contributed by atoms with van der Waals surface area (Å²) in [5.74, 6) is 0.366. The molecule has 0 unspecified atom stereocenters. The summed E-state index contributed by atoms with van der Waals surface area (Å²) in [6.07, 6.45) is 4.49. The fourth-order valence-electron chi connectivity index (χ4n) is 2.62. The zero-order valence-electron chi connectivity index (χ0n) is 12.9. The molecule has 1 aliphatic carbocycles. The molecule has 0 aliphatic heterocycles. The number of benzene rings is 1. The lowest BCUT2D eigenvalue weighted by Gasteiger charge is -1.99. The van der Waals surface area contributed by atoms with Crippen molar-refractivity contribution in [2.75, 3.05) is 0 Å². The van der Waals surface area contributed by atoms with Gasteiger partial charge < -0.3 is 0 Å². The van der Waals surface area contributed by atoms with Crippen molar-refractivity contribution in [3.63, 3.8) is 0 Å². The number of hydrazone groups is 1. The van der Waals surface area contributed by atoms with Crippen molar-refractivity contribution in [2.45, 2.75) is 32.7 Å². The summed E-state index contributed by atoms with van der Waals surface area (Å²) < 4.78 is 1.85. The number of nitrogens with zero attached hydrogens (tertiary/aromatic N) is 3. The Hall–Kier alpha value is -2.43. The second kappa shape index (κ2) is 6.13. The number of hydrogen-bond acceptors (Lipinski definition) is 3. The number of rotatable bonds is 5. The molecule has 1 fully saturated rings. The van der Waals surface area contributed by atoms with Crippen molar-refractivity contribution >= 4 is 12.1 Å². The first kappa shape index (κ1) is 14.5. The third-order valence-corrected chi connectivity index (χ3v) is 4.04. The van der Waals surface area contributed by atoms with Crippen LogP contribution in [0.3, 0.4) is 0 Å². The SMILES string of the molecule is CCn1cc(C=NNC(=O)[C@@H]2C[C@@H]2c2ccccc2)c(C)n1. The van der Waals surface area contributed by atoms with Crippen LogP contribution in [-0.4, -0.2) is 21.9 Å². The van der Waals surface area contributed by atoms with Crippen molar-refractivity contribution in [2.24, 2.45) is 11.0 Å². The molecule has 1 saturated carbocycles. The minimum Gasteiger partial charge on any atom is -0.273 e. The van der Waals surface area contributed by atoms with E-state index in [4.69, 9.17) is 0 Å². The molecule has 0 bridgehead atoms. The number of carbonyl (C=O) groups excluding carboxylic acids is 1. The molecule has 0 radical (unpaired) electrons. The first-order valence-electron chi connectivity index (χ1n) is 7.61. The number of carbonyl (C=O) groups is 1. The van der Waals surface area contributed by atoms with Gasteiger partial charge in [-0.05, 0) is 31.7 Å². The summed E-state index contributed by atoms with van der Waals surface area (Å²) >= 11 is 0. The van der Waals surface area contributed by atoms with E-state index in [1.54, 1.807) is 6.21 Å². The van der Waals surface area contributed by atoms with Crippen LogP contribution in [0.2, 0.25) is 0 Å². The van der Waals surface area contributed by atoms with E-state index >= 15 is 0 Å². The molecule has 3 rings (SSSR count). The standard InChI is InChI=1S/C17H20N4O/c1-3-21-11-14(12(2)20-21)10-18-19-17(22)16-9-15(16)13-7-5-4-6-8-13/h4-8,10-11,15-16H,3,9H2,1-2H3,(H,19,22)/t15-,16-/m1/s1. The van der Waals surface area contributed by atoms with Gasteiger partial charge in [0.2, 0.25) is 5.91 Å². The quantitative estimate of drug-likeness (QED) is 0.680. The van der Waals surface area contributed by atoms with Crippen LogP contribution in [0.1, 0.15) is 36.1 Å². The third-order valence-electron chi connectivity index (χ3n) is 4.04. The van der Waals surface area contributed by atoms with Crippen LogP contribution >= 0.6 is 0 Å². The van der Waals surface area contributed by atoms with Crippen LogP contribution in [0.25, 0.3) is 0 Å². The highest BCUT2D eigenvalue weighted by molar-refractivity contribution is 5.85. The lowest BCUT2D eigenvalue weighted by molar-refractivity contribution is -0.122. The molecule has 0 spiro atoms. The molecule has 114 valence electrons. The van der Waals surface area contributed by atoms with Crippen LogP contribution in [0.4, 0.5) is 0 Å². The molecule has 1 heterocycles. The summed E-state index contributed by atoms with van der Waals surface area (Å²) in [7, 11) is 0. The number of aromatic nitrogens is 2. The Morgan fingerprint density at radius 1 is 1.45 bits per heavy atom. The molecule has 1 aliphatic rings. The van der Waals surface area contributed by atoms with Gasteiger partial charge in [-0.15, -0.1) is 0 Å². The van der Waals surface area contributed by atoms with E-state index in [0.717, 1.165) is 24.2 Å². The number of hydrogen-bond donors (Lipinski definition) is 1. The van der Waals surface area contributed by atoms with E-state index in [-0.39, 0.29) is 11.8 Å². The molecule has 1 aromatic heterocycles. The topological polar surface area (TPSA) is 59.3 Å². The van der Waals surface area contributed by atoms with Gasteiger partial charge in [-0.2, -0.15) is 10.2 Å². The first-order valence-corrected chi connectivity index (χ1v) is 7.61. The van der Waals surface area contributed by atoms with E-state index in [1.807, 2.05) is 42.9 Å². The summed E-state index contributed by atoms with van der Waals surface area (Å²) in [6.45, 7) is 4.79. The average Bonchev–Trinajstić information content (AvgIpc) is 3.27. The Kier molecular flexibility index (Phi) is 4.04. The van der Waals surface area contributed by atoms with Gasteiger partial charge in [0.15, 0.2) is 0 Å². The minimum absolute atomic E-state index is 0.00867. The molecular formula is C17H20N4O. The Balaban J connectivity index is 1.55. The summed E-state index contributed by atoms with van der Waals surface area (Å²) in [5.41, 5.74) is 5.71. The minimum atomic E-state index is -0.00867. The molecule has 2 atom stereocenters. The normalized spacial score (nSPS) is 20.3. The number of aryl methyl sites for hydroxylation is 2. The molecule has 22 heavy (non-hydrogen) atoms. The lowest BCUT2D eigenvalue weighted by atomic mass is 10.1. The van der Waals surface area contributed by atoms with Crippen LogP contribution in [0.15, 0.2) is 41.6 Å². The predicted octanol–water partition coefficient (Wildman–Crippen LogP) is 2.47. The Morgan fingerprint density at radius 3 is 2.91 bits per heavy atom. The van der Waals surface area contributed by atoms with E-state index in [1.165, 1.54) is 5.56 Å². The molecular weight excluding hydrogens is 276 g/mol. The lowest BCUT2D eigenvalue weighted by Crippen LogP contribution is -2.20. The van der Waals surface area contributed by atoms with Gasteiger partial charge in [0.05, 0.1) is 11.9 Å². The Morgan fingerprint density at radius 2 is 2.23 bits per heavy atom. The molecule has 1 N–H and O–H groups in total. The maximum absolute atomic E-state index is 12.1. The van der Waals surface area contributed by atoms with Crippen molar-refractivity contribution in [3.8, 4) is 0 Å². The fraction of sp³-hybridized carbons (Fsp3) is 0.353. The van der Waals surface area contributed by atoms with Gasteiger partial charge in [-0.3, -0.25) is 9.48 Å². The highest BCUT2D eigenvalue weighted by Crippen LogP contribution is 2.47. The van der Waals surface area contributed by atoms with Gasteiger partial charge >= 0.3 is 0 Å². The predicted molar refractivity (Wildman–Crippen MR) is 85.7 cm³/mol. The monoisotopic (exact) mass is 296 g/mol. The largest absolute Gasteiger partial charge is 0.273 e. The van der Waals surface area contributed by atoms with Gasteiger partial charge in [0, 0.05) is 24.2 Å². The van der Waals surface area contributed by atoms with E-state index < -0.39 is 0 Å². The maximum Gasteiger partial charge on any atom is 0.243 e. The van der Waals surface area contributed by atoms with E-state index in [0.29, 0.717) is 5.92 Å². The molecule has 1 amide bonds. The molecule has 5 nitrogen and oxygen atoms in total. The van der Waals surface area contributed by atoms with Crippen LogP contribution in [0, 0.1) is 12.8 Å². The summed E-state index contributed by atoms with van der Waals surface area (Å²) in [4.78, 5) is 12.1. The van der Waals surface area contributed by atoms with Gasteiger partial charge in [-0.25, -0.2) is 5.43 Å². The van der Waals surface area contributed by atoms with Crippen molar-refractivity contribution in [3.05, 3.63) is 53.3 Å². The van der Waals surface area contributed by atoms with Crippen LogP contribution in [0.5, 0.6) is 0 Å². The van der Waals surface area contributed by atoms with Crippen LogP contribution in [-0.2, 0) is 11.3 Å². The molecule has 2 aromatic rings. The van der Waals surface area contributed by atoms with E-state index in [9.17, 15) is 4.79 Å². The zero-order chi connectivity index (χ0) is 15.5. The third kappa shape index (κ3) is 3.08. The Labute approximate surface area is 130 Å². The highest BCUT2D eigenvalue weighted by Gasteiger charge is 2.43. The van der Waals surface area contributed by atoms with Gasteiger partial charge in [0.25, 0.3) is 0 Å².